The maximum absolute atomic E-state index is 11.8. The fraction of sp³-hybridized carbons (Fsp3) is 0.250. The van der Waals surface area contributed by atoms with Crippen molar-refractivity contribution in [1.29, 1.82) is 0 Å². The lowest BCUT2D eigenvalue weighted by Gasteiger charge is -2.36. The SMILES string of the molecule is COc1cncc(C(C)Nc2ccc3c(c2)Sc2cccc(C4CN(c5cc[nH]c(=O)c5)CCO4)c2S3)n1. The number of hydrogen-bond acceptors (Lipinski definition) is 9. The maximum Gasteiger partial charge on any atom is 0.249 e. The summed E-state index contributed by atoms with van der Waals surface area (Å²) in [6.45, 7) is 4.13. The summed E-state index contributed by atoms with van der Waals surface area (Å²) < 4.78 is 11.5. The third kappa shape index (κ3) is 5.11. The van der Waals surface area contributed by atoms with Crippen LogP contribution in [0, 0.1) is 0 Å². The minimum atomic E-state index is -0.0918. The number of nitrogens with one attached hydrogen (secondary N) is 2. The Bertz CT molecular complexity index is 1530. The molecule has 0 radical (unpaired) electrons. The molecule has 0 saturated carbocycles. The van der Waals surface area contributed by atoms with Crippen LogP contribution in [0.2, 0.25) is 0 Å². The summed E-state index contributed by atoms with van der Waals surface area (Å²) in [5.41, 5.74) is 3.87. The summed E-state index contributed by atoms with van der Waals surface area (Å²) in [5, 5.41) is 3.54. The van der Waals surface area contributed by atoms with E-state index >= 15 is 0 Å². The second-order valence-corrected chi connectivity index (χ2v) is 11.2. The number of benzene rings is 2. The number of hydrogen-bond donors (Lipinski definition) is 2. The van der Waals surface area contributed by atoms with Crippen molar-refractivity contribution in [2.24, 2.45) is 0 Å². The highest BCUT2D eigenvalue weighted by molar-refractivity contribution is 8.05. The molecule has 1 saturated heterocycles. The van der Waals surface area contributed by atoms with Gasteiger partial charge in [-0.25, -0.2) is 4.98 Å². The first-order chi connectivity index (χ1) is 18.6. The van der Waals surface area contributed by atoms with Gasteiger partial charge in [-0.3, -0.25) is 9.78 Å². The van der Waals surface area contributed by atoms with Gasteiger partial charge in [0.25, 0.3) is 0 Å². The normalized spacial score (nSPS) is 17.3. The average molecular weight is 546 g/mol. The summed E-state index contributed by atoms with van der Waals surface area (Å²) in [6.07, 6.45) is 4.99. The molecule has 0 aliphatic carbocycles. The van der Waals surface area contributed by atoms with Crippen molar-refractivity contribution in [3.8, 4) is 5.88 Å². The third-order valence-electron chi connectivity index (χ3n) is 6.59. The molecule has 2 unspecified atom stereocenters. The summed E-state index contributed by atoms with van der Waals surface area (Å²) in [5.74, 6) is 0.503. The number of aromatic nitrogens is 3. The summed E-state index contributed by atoms with van der Waals surface area (Å²) in [4.78, 5) is 30.4. The van der Waals surface area contributed by atoms with Gasteiger partial charge in [-0.2, -0.15) is 0 Å². The van der Waals surface area contributed by atoms with Crippen LogP contribution in [0.4, 0.5) is 11.4 Å². The van der Waals surface area contributed by atoms with Crippen LogP contribution in [-0.4, -0.2) is 41.8 Å². The van der Waals surface area contributed by atoms with Crippen molar-refractivity contribution in [3.05, 3.63) is 88.7 Å². The molecule has 1 fully saturated rings. The van der Waals surface area contributed by atoms with Crippen LogP contribution in [0.25, 0.3) is 0 Å². The van der Waals surface area contributed by atoms with Gasteiger partial charge in [0.2, 0.25) is 11.4 Å². The van der Waals surface area contributed by atoms with Crippen molar-refractivity contribution in [1.82, 2.24) is 15.0 Å². The zero-order chi connectivity index (χ0) is 26.1. The van der Waals surface area contributed by atoms with Gasteiger partial charge in [0, 0.05) is 56.3 Å². The number of pyridine rings is 1. The maximum atomic E-state index is 11.8. The minimum Gasteiger partial charge on any atom is -0.480 e. The Hall–Kier alpha value is -3.47. The van der Waals surface area contributed by atoms with Gasteiger partial charge in [0.15, 0.2) is 0 Å². The van der Waals surface area contributed by atoms with E-state index in [9.17, 15) is 4.79 Å². The third-order valence-corrected chi connectivity index (χ3v) is 9.20. The molecule has 4 heterocycles. The van der Waals surface area contributed by atoms with E-state index in [1.165, 1.54) is 25.1 Å². The molecular weight excluding hydrogens is 518 g/mol. The number of anilines is 2. The molecule has 2 aromatic heterocycles. The van der Waals surface area contributed by atoms with Gasteiger partial charge in [-0.1, -0.05) is 35.7 Å². The molecule has 2 atom stereocenters. The largest absolute Gasteiger partial charge is 0.480 e. The lowest BCUT2D eigenvalue weighted by Crippen LogP contribution is -2.39. The molecule has 0 spiro atoms. The Morgan fingerprint density at radius 2 is 2.05 bits per heavy atom. The van der Waals surface area contributed by atoms with Crippen LogP contribution in [0.1, 0.15) is 30.3 Å². The van der Waals surface area contributed by atoms with Gasteiger partial charge in [-0.15, -0.1) is 0 Å². The first-order valence-electron chi connectivity index (χ1n) is 12.4. The summed E-state index contributed by atoms with van der Waals surface area (Å²) in [6, 6.07) is 16.5. The first kappa shape index (κ1) is 24.8. The Kier molecular flexibility index (Phi) is 7.01. The van der Waals surface area contributed by atoms with Gasteiger partial charge in [-0.05, 0) is 42.8 Å². The molecule has 10 heteroatoms. The minimum absolute atomic E-state index is 0.0256. The van der Waals surface area contributed by atoms with E-state index in [1.54, 1.807) is 55.3 Å². The molecule has 38 heavy (non-hydrogen) atoms. The number of morpholine rings is 1. The van der Waals surface area contributed by atoms with E-state index in [1.807, 2.05) is 6.07 Å². The Morgan fingerprint density at radius 1 is 1.13 bits per heavy atom. The van der Waals surface area contributed by atoms with Crippen LogP contribution in [0.5, 0.6) is 5.88 Å². The van der Waals surface area contributed by atoms with Crippen LogP contribution < -0.4 is 20.5 Å². The van der Waals surface area contributed by atoms with E-state index in [2.05, 4.69) is 68.5 Å². The van der Waals surface area contributed by atoms with Crippen molar-refractivity contribution in [2.75, 3.05) is 37.0 Å². The van der Waals surface area contributed by atoms with Gasteiger partial charge < -0.3 is 24.7 Å². The smallest absolute Gasteiger partial charge is 0.249 e. The van der Waals surface area contributed by atoms with E-state index in [-0.39, 0.29) is 17.7 Å². The van der Waals surface area contributed by atoms with Crippen LogP contribution >= 0.6 is 23.5 Å². The van der Waals surface area contributed by atoms with Gasteiger partial charge in [0.1, 0.15) is 6.10 Å². The Morgan fingerprint density at radius 3 is 2.92 bits per heavy atom. The van der Waals surface area contributed by atoms with Crippen LogP contribution in [0.15, 0.2) is 91.5 Å². The van der Waals surface area contributed by atoms with E-state index in [4.69, 9.17) is 9.47 Å². The molecule has 6 rings (SSSR count). The van der Waals surface area contributed by atoms with Gasteiger partial charge in [0.05, 0.1) is 37.8 Å². The number of rotatable bonds is 6. The number of nitrogens with zero attached hydrogens (tertiary/aromatic N) is 3. The van der Waals surface area contributed by atoms with Crippen molar-refractivity contribution in [2.45, 2.75) is 38.7 Å². The predicted molar refractivity (Wildman–Crippen MR) is 150 cm³/mol. The molecule has 2 N–H and O–H groups in total. The zero-order valence-electron chi connectivity index (χ0n) is 21.0. The molecular formula is C28H27N5O3S2. The predicted octanol–water partition coefficient (Wildman–Crippen LogP) is 5.54. The molecule has 8 nitrogen and oxygen atoms in total. The highest BCUT2D eigenvalue weighted by Gasteiger charge is 2.28. The lowest BCUT2D eigenvalue weighted by molar-refractivity contribution is 0.0379. The monoisotopic (exact) mass is 545 g/mol. The van der Waals surface area contributed by atoms with Crippen LogP contribution in [0.3, 0.4) is 0 Å². The number of methoxy groups -OCH3 is 1. The number of aromatic amines is 1. The van der Waals surface area contributed by atoms with Gasteiger partial charge >= 0.3 is 0 Å². The molecule has 4 aromatic rings. The lowest BCUT2D eigenvalue weighted by atomic mass is 10.1. The van der Waals surface area contributed by atoms with E-state index in [0.29, 0.717) is 19.0 Å². The second kappa shape index (κ2) is 10.7. The van der Waals surface area contributed by atoms with Crippen molar-refractivity contribution >= 4 is 34.9 Å². The number of H-pyrrole nitrogens is 1. The molecule has 2 aromatic carbocycles. The molecule has 2 aliphatic rings. The van der Waals surface area contributed by atoms with E-state index in [0.717, 1.165) is 23.6 Å². The molecule has 0 bridgehead atoms. The fourth-order valence-corrected chi connectivity index (χ4v) is 7.11. The van der Waals surface area contributed by atoms with Crippen molar-refractivity contribution in [3.63, 3.8) is 0 Å². The topological polar surface area (TPSA) is 92.4 Å². The number of fused-ring (bicyclic) bond motifs is 2. The standard InChI is InChI=1S/C28H27N5O3S2/c1-17(21-14-29-15-27(32-21)35-2)31-18-6-7-23-25(12-18)37-24-5-3-4-20(28(24)38-23)22-16-33(10-11-36-22)19-8-9-30-26(34)13-19/h3-9,12-15,17,22,31H,10-11,16H2,1-2H3,(H,30,34). The quantitative estimate of drug-likeness (QED) is 0.285. The zero-order valence-corrected chi connectivity index (χ0v) is 22.6. The molecule has 2 aliphatic heterocycles. The number of ether oxygens (including phenoxy) is 2. The first-order valence-corrected chi connectivity index (χ1v) is 14.0. The average Bonchev–Trinajstić information content (AvgIpc) is 2.96. The second-order valence-electron chi connectivity index (χ2n) is 9.11. The fourth-order valence-electron chi connectivity index (χ4n) is 4.66. The Balaban J connectivity index is 1.21. The molecule has 194 valence electrons. The highest BCUT2D eigenvalue weighted by Crippen LogP contribution is 2.52. The Labute approximate surface area is 229 Å². The van der Waals surface area contributed by atoms with Crippen LogP contribution in [-0.2, 0) is 4.74 Å². The highest BCUT2D eigenvalue weighted by atomic mass is 32.2. The molecule has 0 amide bonds. The van der Waals surface area contributed by atoms with Crippen molar-refractivity contribution < 1.29 is 9.47 Å². The summed E-state index contributed by atoms with van der Waals surface area (Å²) >= 11 is 3.57. The summed E-state index contributed by atoms with van der Waals surface area (Å²) in [7, 11) is 1.59. The van der Waals surface area contributed by atoms with E-state index < -0.39 is 0 Å².